The fourth-order valence-corrected chi connectivity index (χ4v) is 3.00. The normalized spacial score (nSPS) is 12.8. The third-order valence-electron chi connectivity index (χ3n) is 4.48. The van der Waals surface area contributed by atoms with Crippen LogP contribution in [0, 0.1) is 0 Å². The number of carboxylic acids is 1. The summed E-state index contributed by atoms with van der Waals surface area (Å²) < 4.78 is 11.1. The van der Waals surface area contributed by atoms with Gasteiger partial charge in [0, 0.05) is 6.42 Å². The molecule has 0 radical (unpaired) electrons. The molecule has 0 bridgehead atoms. The molecule has 1 N–H and O–H groups in total. The number of rotatable bonds is 11. The van der Waals surface area contributed by atoms with E-state index >= 15 is 0 Å². The predicted molar refractivity (Wildman–Crippen MR) is 104 cm³/mol. The zero-order valence-corrected chi connectivity index (χ0v) is 15.8. The van der Waals surface area contributed by atoms with Gasteiger partial charge in [-0.3, -0.25) is 4.79 Å². The van der Waals surface area contributed by atoms with Crippen LogP contribution in [0.1, 0.15) is 49.4 Å². The first-order valence-corrected chi connectivity index (χ1v) is 9.20. The smallest absolute Gasteiger partial charge is 0.356 e. The molecule has 1 unspecified atom stereocenters. The van der Waals surface area contributed by atoms with Crippen molar-refractivity contribution in [2.24, 2.45) is 0 Å². The second kappa shape index (κ2) is 9.76. The summed E-state index contributed by atoms with van der Waals surface area (Å²) in [6.45, 7) is 2.07. The summed E-state index contributed by atoms with van der Waals surface area (Å²) in [5, 5.41) is 10.1. The van der Waals surface area contributed by atoms with E-state index in [4.69, 9.17) is 9.47 Å². The highest BCUT2D eigenvalue weighted by molar-refractivity contribution is 6.16. The van der Waals surface area contributed by atoms with E-state index < -0.39 is 17.4 Å². The Balaban J connectivity index is 2.45. The Morgan fingerprint density at radius 3 is 2.26 bits per heavy atom. The van der Waals surface area contributed by atoms with Crippen LogP contribution < -0.4 is 9.47 Å². The minimum Gasteiger partial charge on any atom is -0.496 e. The fraction of sp³-hybridized carbons (Fsp3) is 0.364. The van der Waals surface area contributed by atoms with E-state index in [0.29, 0.717) is 17.9 Å². The number of para-hydroxylation sites is 2. The van der Waals surface area contributed by atoms with Gasteiger partial charge in [0.05, 0.1) is 12.7 Å². The number of hydrogen-bond acceptors (Lipinski definition) is 4. The quantitative estimate of drug-likeness (QED) is 0.351. The first kappa shape index (κ1) is 20.5. The van der Waals surface area contributed by atoms with Gasteiger partial charge in [-0.25, -0.2) is 4.79 Å². The van der Waals surface area contributed by atoms with Crippen molar-refractivity contribution in [1.82, 2.24) is 0 Å². The van der Waals surface area contributed by atoms with Crippen molar-refractivity contribution < 1.29 is 24.2 Å². The molecule has 27 heavy (non-hydrogen) atoms. The van der Waals surface area contributed by atoms with Gasteiger partial charge in [-0.1, -0.05) is 56.5 Å². The SMILES string of the molecule is CCCCCCC(Oc1ccccc1)(C(=O)O)C(=O)c1ccccc1OC. The van der Waals surface area contributed by atoms with Crippen molar-refractivity contribution in [1.29, 1.82) is 0 Å². The van der Waals surface area contributed by atoms with Gasteiger partial charge in [-0.2, -0.15) is 0 Å². The molecule has 0 aliphatic rings. The molecule has 0 aliphatic heterocycles. The summed E-state index contributed by atoms with van der Waals surface area (Å²) in [6.07, 6.45) is 3.49. The Labute approximate surface area is 159 Å². The molecule has 0 saturated heterocycles. The molecule has 2 aromatic carbocycles. The molecule has 5 nitrogen and oxygen atoms in total. The second-order valence-corrected chi connectivity index (χ2v) is 6.39. The van der Waals surface area contributed by atoms with E-state index in [0.717, 1.165) is 19.3 Å². The van der Waals surface area contributed by atoms with Crippen LogP contribution in [0.5, 0.6) is 11.5 Å². The minimum absolute atomic E-state index is 0.0914. The summed E-state index contributed by atoms with van der Waals surface area (Å²) >= 11 is 0. The van der Waals surface area contributed by atoms with Gasteiger partial charge in [-0.05, 0) is 30.7 Å². The maximum absolute atomic E-state index is 13.4. The van der Waals surface area contributed by atoms with Crippen LogP contribution >= 0.6 is 0 Å². The summed E-state index contributed by atoms with van der Waals surface area (Å²) in [4.78, 5) is 25.7. The Morgan fingerprint density at radius 2 is 1.63 bits per heavy atom. The lowest BCUT2D eigenvalue weighted by Crippen LogP contribution is -2.52. The van der Waals surface area contributed by atoms with E-state index in [9.17, 15) is 14.7 Å². The molecule has 0 spiro atoms. The number of ketones is 1. The molecule has 2 rings (SSSR count). The second-order valence-electron chi connectivity index (χ2n) is 6.39. The number of hydrogen-bond donors (Lipinski definition) is 1. The minimum atomic E-state index is -2.00. The summed E-state index contributed by atoms with van der Waals surface area (Å²) in [5.74, 6) is -1.22. The highest BCUT2D eigenvalue weighted by Gasteiger charge is 2.49. The van der Waals surface area contributed by atoms with Gasteiger partial charge < -0.3 is 14.6 Å². The van der Waals surface area contributed by atoms with E-state index in [2.05, 4.69) is 6.92 Å². The van der Waals surface area contributed by atoms with Gasteiger partial charge in [0.15, 0.2) is 0 Å². The lowest BCUT2D eigenvalue weighted by atomic mass is 9.86. The summed E-state index contributed by atoms with van der Waals surface area (Å²) in [5.41, 5.74) is -1.79. The zero-order valence-electron chi connectivity index (χ0n) is 15.8. The van der Waals surface area contributed by atoms with Gasteiger partial charge >= 0.3 is 5.97 Å². The maximum Gasteiger partial charge on any atom is 0.356 e. The number of carbonyl (C=O) groups is 2. The fourth-order valence-electron chi connectivity index (χ4n) is 3.00. The van der Waals surface area contributed by atoms with E-state index in [1.54, 1.807) is 54.6 Å². The third kappa shape index (κ3) is 4.88. The average molecular weight is 370 g/mol. The molecule has 0 heterocycles. The molecule has 5 heteroatoms. The van der Waals surface area contributed by atoms with E-state index in [1.807, 2.05) is 0 Å². The predicted octanol–water partition coefficient (Wildman–Crippen LogP) is 4.75. The van der Waals surface area contributed by atoms with Crippen LogP contribution in [-0.4, -0.2) is 29.6 Å². The first-order valence-electron chi connectivity index (χ1n) is 9.20. The van der Waals surface area contributed by atoms with Crippen LogP contribution in [0.4, 0.5) is 0 Å². The van der Waals surface area contributed by atoms with Gasteiger partial charge in [0.1, 0.15) is 11.5 Å². The molecule has 0 amide bonds. The van der Waals surface area contributed by atoms with Crippen LogP contribution in [0.3, 0.4) is 0 Å². The van der Waals surface area contributed by atoms with Crippen molar-refractivity contribution in [3.8, 4) is 11.5 Å². The van der Waals surface area contributed by atoms with Gasteiger partial charge in [-0.15, -0.1) is 0 Å². The summed E-state index contributed by atoms with van der Waals surface area (Å²) in [6, 6.07) is 15.2. The number of benzene rings is 2. The van der Waals surface area contributed by atoms with E-state index in [1.165, 1.54) is 7.11 Å². The molecular weight excluding hydrogens is 344 g/mol. The lowest BCUT2D eigenvalue weighted by Gasteiger charge is -2.29. The standard InChI is InChI=1S/C22H26O5/c1-3-4-5-11-16-22(21(24)25,27-17-12-7-6-8-13-17)20(23)18-14-9-10-15-19(18)26-2/h6-10,12-15H,3-5,11,16H2,1-2H3,(H,24,25). The third-order valence-corrected chi connectivity index (χ3v) is 4.48. The van der Waals surface area contributed by atoms with E-state index in [-0.39, 0.29) is 12.0 Å². The number of methoxy groups -OCH3 is 1. The van der Waals surface area contributed by atoms with Gasteiger partial charge in [0.2, 0.25) is 5.78 Å². The molecule has 0 aromatic heterocycles. The molecule has 0 aliphatic carbocycles. The number of ether oxygens (including phenoxy) is 2. The molecule has 0 saturated carbocycles. The van der Waals surface area contributed by atoms with Crippen molar-refractivity contribution in [2.75, 3.05) is 7.11 Å². The van der Waals surface area contributed by atoms with Gasteiger partial charge in [0.25, 0.3) is 5.60 Å². The first-order chi connectivity index (χ1) is 13.0. The Hall–Kier alpha value is -2.82. The van der Waals surface area contributed by atoms with Crippen LogP contribution in [0.15, 0.2) is 54.6 Å². The molecular formula is C22H26O5. The Bertz CT molecular complexity index is 756. The largest absolute Gasteiger partial charge is 0.496 e. The lowest BCUT2D eigenvalue weighted by molar-refractivity contribution is -0.151. The van der Waals surface area contributed by atoms with Crippen LogP contribution in [0.2, 0.25) is 0 Å². The topological polar surface area (TPSA) is 72.8 Å². The average Bonchev–Trinajstić information content (AvgIpc) is 2.70. The number of aliphatic carboxylic acids is 1. The highest BCUT2D eigenvalue weighted by Crippen LogP contribution is 2.31. The maximum atomic E-state index is 13.4. The monoisotopic (exact) mass is 370 g/mol. The number of carbonyl (C=O) groups excluding carboxylic acids is 1. The molecule has 0 fully saturated rings. The number of carboxylic acid groups (broad SMARTS) is 1. The Morgan fingerprint density at radius 1 is 0.963 bits per heavy atom. The zero-order chi connectivity index (χ0) is 19.7. The van der Waals surface area contributed by atoms with Crippen LogP contribution in [-0.2, 0) is 4.79 Å². The summed E-state index contributed by atoms with van der Waals surface area (Å²) in [7, 11) is 1.45. The number of unbranched alkanes of at least 4 members (excludes halogenated alkanes) is 3. The molecule has 144 valence electrons. The van der Waals surface area contributed by atoms with Crippen molar-refractivity contribution in [3.63, 3.8) is 0 Å². The van der Waals surface area contributed by atoms with Crippen molar-refractivity contribution >= 4 is 11.8 Å². The highest BCUT2D eigenvalue weighted by atomic mass is 16.5. The number of Topliss-reactive ketones (excluding diaryl/α,β-unsaturated/α-hetero) is 1. The molecule has 1 atom stereocenters. The molecule has 2 aromatic rings. The van der Waals surface area contributed by atoms with Crippen LogP contribution in [0.25, 0.3) is 0 Å². The van der Waals surface area contributed by atoms with Crippen molar-refractivity contribution in [3.05, 3.63) is 60.2 Å². The van der Waals surface area contributed by atoms with Crippen molar-refractivity contribution in [2.45, 2.75) is 44.6 Å². The Kier molecular flexibility index (Phi) is 7.41.